The maximum Gasteiger partial charge on any atom is 0.340 e. The van der Waals surface area contributed by atoms with E-state index >= 15 is 0 Å². The smallest absolute Gasteiger partial charge is 0.340 e. The second kappa shape index (κ2) is 7.12. The van der Waals surface area contributed by atoms with Gasteiger partial charge in [0.1, 0.15) is 0 Å². The summed E-state index contributed by atoms with van der Waals surface area (Å²) in [6.07, 6.45) is 2.44. The number of nitrogens with two attached hydrogens (primary N) is 1. The summed E-state index contributed by atoms with van der Waals surface area (Å²) in [6, 6.07) is 16.6. The highest BCUT2D eigenvalue weighted by Crippen LogP contribution is 2.43. The van der Waals surface area contributed by atoms with E-state index in [9.17, 15) is 4.79 Å². The number of anilines is 1. The molecule has 2 N–H and O–H groups in total. The van der Waals surface area contributed by atoms with Crippen molar-refractivity contribution in [1.82, 2.24) is 4.90 Å². The number of rotatable bonds is 5. The topological polar surface area (TPSA) is 55.6 Å². The van der Waals surface area contributed by atoms with E-state index in [1.165, 1.54) is 18.4 Å². The summed E-state index contributed by atoms with van der Waals surface area (Å²) in [5.74, 6) is 0.771. The number of likely N-dealkylation sites (tertiary alicyclic amines) is 1. The molecule has 1 aliphatic carbocycles. The maximum absolute atomic E-state index is 12.5. The molecule has 0 amide bonds. The number of nitrogen functional groups attached to an aromatic ring is 1. The van der Waals surface area contributed by atoms with Crippen LogP contribution in [-0.4, -0.2) is 30.1 Å². The highest BCUT2D eigenvalue weighted by molar-refractivity contribution is 5.95. The normalized spacial score (nSPS) is 24.7. The second-order valence-electron chi connectivity index (χ2n) is 7.62. The quantitative estimate of drug-likeness (QED) is 0.661. The Hall–Kier alpha value is -2.33. The Kier molecular flexibility index (Phi) is 4.68. The van der Waals surface area contributed by atoms with Gasteiger partial charge in [-0.15, -0.1) is 0 Å². The van der Waals surface area contributed by atoms with Crippen LogP contribution in [0.25, 0.3) is 0 Å². The van der Waals surface area contributed by atoms with Crippen LogP contribution in [0.4, 0.5) is 5.69 Å². The SMILES string of the molecule is Cc1cccc(C(=O)OCC2C3CCC2N(Cc2ccccc2)C3)c1N. The monoisotopic (exact) mass is 350 g/mol. The van der Waals surface area contributed by atoms with Crippen LogP contribution in [0.15, 0.2) is 48.5 Å². The third-order valence-corrected chi connectivity index (χ3v) is 6.05. The maximum atomic E-state index is 12.5. The molecule has 4 nitrogen and oxygen atoms in total. The van der Waals surface area contributed by atoms with Crippen LogP contribution in [0, 0.1) is 18.8 Å². The molecule has 0 aromatic heterocycles. The van der Waals surface area contributed by atoms with Crippen LogP contribution in [0.2, 0.25) is 0 Å². The van der Waals surface area contributed by atoms with Crippen molar-refractivity contribution in [3.8, 4) is 0 Å². The number of carbonyl (C=O) groups excluding carboxylic acids is 1. The zero-order chi connectivity index (χ0) is 18.1. The van der Waals surface area contributed by atoms with Gasteiger partial charge in [-0.05, 0) is 42.9 Å². The summed E-state index contributed by atoms with van der Waals surface area (Å²) < 4.78 is 5.68. The molecule has 4 rings (SSSR count). The minimum absolute atomic E-state index is 0.299. The number of piperidine rings is 1. The number of hydrogen-bond acceptors (Lipinski definition) is 4. The number of fused-ring (bicyclic) bond motifs is 2. The van der Waals surface area contributed by atoms with Crippen molar-refractivity contribution in [1.29, 1.82) is 0 Å². The largest absolute Gasteiger partial charge is 0.462 e. The Balaban J connectivity index is 1.38. The van der Waals surface area contributed by atoms with Gasteiger partial charge < -0.3 is 10.5 Å². The third-order valence-electron chi connectivity index (χ3n) is 6.05. The van der Waals surface area contributed by atoms with E-state index in [1.807, 2.05) is 19.1 Å². The van der Waals surface area contributed by atoms with Gasteiger partial charge in [0.2, 0.25) is 0 Å². The van der Waals surface area contributed by atoms with Crippen molar-refractivity contribution in [2.75, 3.05) is 18.9 Å². The van der Waals surface area contributed by atoms with Gasteiger partial charge in [0.15, 0.2) is 0 Å². The van der Waals surface area contributed by atoms with Crippen LogP contribution in [0.1, 0.15) is 34.3 Å². The molecular formula is C22H26N2O2. The Bertz CT molecular complexity index is 790. The summed E-state index contributed by atoms with van der Waals surface area (Å²) in [4.78, 5) is 15.0. The minimum Gasteiger partial charge on any atom is -0.462 e. The number of para-hydroxylation sites is 1. The molecule has 2 aliphatic rings. The first-order valence-electron chi connectivity index (χ1n) is 9.43. The molecule has 26 heavy (non-hydrogen) atoms. The number of esters is 1. The van der Waals surface area contributed by atoms with Gasteiger partial charge in [0.05, 0.1) is 12.2 Å². The molecule has 1 saturated heterocycles. The van der Waals surface area contributed by atoms with E-state index in [4.69, 9.17) is 10.5 Å². The van der Waals surface area contributed by atoms with Crippen LogP contribution >= 0.6 is 0 Å². The molecule has 2 bridgehead atoms. The van der Waals surface area contributed by atoms with E-state index in [2.05, 4.69) is 35.2 Å². The summed E-state index contributed by atoms with van der Waals surface area (Å²) in [7, 11) is 0. The third kappa shape index (κ3) is 3.21. The van der Waals surface area contributed by atoms with Crippen LogP contribution in [0.3, 0.4) is 0 Å². The second-order valence-corrected chi connectivity index (χ2v) is 7.62. The Morgan fingerprint density at radius 2 is 1.96 bits per heavy atom. The summed E-state index contributed by atoms with van der Waals surface area (Å²) in [6.45, 7) is 4.49. The summed E-state index contributed by atoms with van der Waals surface area (Å²) in [5, 5.41) is 0. The number of ether oxygens (including phenoxy) is 1. The fourth-order valence-electron chi connectivity index (χ4n) is 4.60. The Labute approximate surface area is 155 Å². The van der Waals surface area contributed by atoms with Gasteiger partial charge in [-0.2, -0.15) is 0 Å². The van der Waals surface area contributed by atoms with Crippen molar-refractivity contribution < 1.29 is 9.53 Å². The summed E-state index contributed by atoms with van der Waals surface area (Å²) >= 11 is 0. The first kappa shape index (κ1) is 17.1. The molecule has 0 radical (unpaired) electrons. The van der Waals surface area contributed by atoms with E-state index in [0.717, 1.165) is 18.7 Å². The van der Waals surface area contributed by atoms with E-state index in [-0.39, 0.29) is 5.97 Å². The van der Waals surface area contributed by atoms with Crippen molar-refractivity contribution in [2.45, 2.75) is 32.4 Å². The molecule has 3 atom stereocenters. The fraction of sp³-hybridized carbons (Fsp3) is 0.409. The van der Waals surface area contributed by atoms with Gasteiger partial charge in [0.25, 0.3) is 0 Å². The fourth-order valence-corrected chi connectivity index (χ4v) is 4.60. The molecule has 2 aromatic carbocycles. The molecule has 1 aliphatic heterocycles. The lowest BCUT2D eigenvalue weighted by Gasteiger charge is -2.27. The molecule has 0 spiro atoms. The average molecular weight is 350 g/mol. The molecule has 1 heterocycles. The lowest BCUT2D eigenvalue weighted by molar-refractivity contribution is 0.0409. The highest BCUT2D eigenvalue weighted by atomic mass is 16.5. The van der Waals surface area contributed by atoms with Gasteiger partial charge in [-0.3, -0.25) is 4.90 Å². The molecule has 3 unspecified atom stereocenters. The van der Waals surface area contributed by atoms with Crippen LogP contribution < -0.4 is 5.73 Å². The molecule has 2 fully saturated rings. The molecular weight excluding hydrogens is 324 g/mol. The van der Waals surface area contributed by atoms with E-state index in [1.54, 1.807) is 6.07 Å². The number of aryl methyl sites for hydroxylation is 1. The zero-order valence-electron chi connectivity index (χ0n) is 15.2. The predicted molar refractivity (Wildman–Crippen MR) is 103 cm³/mol. The zero-order valence-corrected chi connectivity index (χ0v) is 15.2. The lowest BCUT2D eigenvalue weighted by atomic mass is 9.99. The van der Waals surface area contributed by atoms with Gasteiger partial charge in [0, 0.05) is 30.7 Å². The number of hydrogen-bond donors (Lipinski definition) is 1. The first-order chi connectivity index (χ1) is 12.6. The highest BCUT2D eigenvalue weighted by Gasteiger charge is 2.47. The molecule has 1 saturated carbocycles. The lowest BCUT2D eigenvalue weighted by Crippen LogP contribution is -2.33. The Morgan fingerprint density at radius 3 is 2.77 bits per heavy atom. The first-order valence-corrected chi connectivity index (χ1v) is 9.43. The molecule has 4 heteroatoms. The van der Waals surface area contributed by atoms with E-state index < -0.39 is 0 Å². The van der Waals surface area contributed by atoms with Crippen LogP contribution in [-0.2, 0) is 11.3 Å². The number of benzene rings is 2. The molecule has 2 aromatic rings. The Morgan fingerprint density at radius 1 is 1.15 bits per heavy atom. The van der Waals surface area contributed by atoms with Gasteiger partial charge >= 0.3 is 5.97 Å². The summed E-state index contributed by atoms with van der Waals surface area (Å²) in [5.41, 5.74) is 9.30. The standard InChI is InChI=1S/C22H26N2O2/c1-15-6-5-9-18(21(15)23)22(25)26-14-19-17-10-11-20(19)24(13-17)12-16-7-3-2-4-8-16/h2-9,17,19-20H,10-14,23H2,1H3. The number of carbonyl (C=O) groups is 1. The van der Waals surface area contributed by atoms with Gasteiger partial charge in [-0.1, -0.05) is 42.5 Å². The predicted octanol–water partition coefficient (Wildman–Crippen LogP) is 3.64. The number of nitrogens with zero attached hydrogens (tertiary/aromatic N) is 1. The van der Waals surface area contributed by atoms with Crippen molar-refractivity contribution >= 4 is 11.7 Å². The minimum atomic E-state index is -0.299. The average Bonchev–Trinajstić information content (AvgIpc) is 3.19. The van der Waals surface area contributed by atoms with Crippen molar-refractivity contribution in [3.63, 3.8) is 0 Å². The van der Waals surface area contributed by atoms with Crippen molar-refractivity contribution in [2.24, 2.45) is 11.8 Å². The van der Waals surface area contributed by atoms with Gasteiger partial charge in [-0.25, -0.2) is 4.79 Å². The molecule has 136 valence electrons. The van der Waals surface area contributed by atoms with Crippen LogP contribution in [0.5, 0.6) is 0 Å². The van der Waals surface area contributed by atoms with Crippen molar-refractivity contribution in [3.05, 3.63) is 65.2 Å². The van der Waals surface area contributed by atoms with E-state index in [0.29, 0.717) is 35.7 Å².